The summed E-state index contributed by atoms with van der Waals surface area (Å²) in [4.78, 5) is 0. The van der Waals surface area contributed by atoms with E-state index in [9.17, 15) is 0 Å². The van der Waals surface area contributed by atoms with Crippen molar-refractivity contribution in [2.24, 2.45) is 0 Å². The molecule has 1 rings (SSSR count). The molecule has 0 spiro atoms. The summed E-state index contributed by atoms with van der Waals surface area (Å²) >= 11 is 0. The van der Waals surface area contributed by atoms with E-state index in [0.717, 1.165) is 5.75 Å². The zero-order chi connectivity index (χ0) is 11.3. The molecule has 0 amide bonds. The molecule has 0 heterocycles. The number of hydrogen-bond acceptors (Lipinski definition) is 2. The average molecular weight is 208 g/mol. The van der Waals surface area contributed by atoms with Gasteiger partial charge in [0.05, 0.1) is 18.8 Å². The topological polar surface area (TPSA) is 18.5 Å². The lowest BCUT2D eigenvalue weighted by Crippen LogP contribution is -2.18. The van der Waals surface area contributed by atoms with E-state index in [2.05, 4.69) is 20.8 Å². The van der Waals surface area contributed by atoms with Crippen molar-refractivity contribution in [2.75, 3.05) is 6.61 Å². The molecule has 2 heteroatoms. The van der Waals surface area contributed by atoms with Crippen LogP contribution in [0.4, 0.5) is 0 Å². The Morgan fingerprint density at radius 2 is 1.67 bits per heavy atom. The summed E-state index contributed by atoms with van der Waals surface area (Å²) < 4.78 is 11.0. The first-order valence-corrected chi connectivity index (χ1v) is 5.37. The molecule has 0 bridgehead atoms. The van der Waals surface area contributed by atoms with Crippen LogP contribution in [-0.4, -0.2) is 12.2 Å². The lowest BCUT2D eigenvalue weighted by atomic mass is 10.2. The van der Waals surface area contributed by atoms with E-state index >= 15 is 0 Å². The Hall–Kier alpha value is -1.02. The SMILES string of the molecule is CCOc1ccc(COC(C)(C)C)cc1. The Bertz CT molecular complexity index is 282. The van der Waals surface area contributed by atoms with Crippen molar-refractivity contribution in [3.05, 3.63) is 29.8 Å². The van der Waals surface area contributed by atoms with E-state index in [-0.39, 0.29) is 5.60 Å². The minimum Gasteiger partial charge on any atom is -0.494 e. The highest BCUT2D eigenvalue weighted by atomic mass is 16.5. The molecular formula is C13H20O2. The van der Waals surface area contributed by atoms with E-state index in [4.69, 9.17) is 9.47 Å². The van der Waals surface area contributed by atoms with Crippen LogP contribution < -0.4 is 4.74 Å². The smallest absolute Gasteiger partial charge is 0.119 e. The van der Waals surface area contributed by atoms with E-state index in [1.54, 1.807) is 0 Å². The molecule has 2 nitrogen and oxygen atoms in total. The van der Waals surface area contributed by atoms with Gasteiger partial charge in [0.2, 0.25) is 0 Å². The fourth-order valence-corrected chi connectivity index (χ4v) is 1.15. The summed E-state index contributed by atoms with van der Waals surface area (Å²) in [7, 11) is 0. The highest BCUT2D eigenvalue weighted by Gasteiger charge is 2.09. The summed E-state index contributed by atoms with van der Waals surface area (Å²) in [5.74, 6) is 0.914. The van der Waals surface area contributed by atoms with Gasteiger partial charge in [-0.25, -0.2) is 0 Å². The molecule has 0 atom stereocenters. The van der Waals surface area contributed by atoms with Gasteiger partial charge in [-0.05, 0) is 45.4 Å². The van der Waals surface area contributed by atoms with Crippen molar-refractivity contribution in [1.29, 1.82) is 0 Å². The largest absolute Gasteiger partial charge is 0.494 e. The van der Waals surface area contributed by atoms with Gasteiger partial charge in [-0.1, -0.05) is 12.1 Å². The van der Waals surface area contributed by atoms with Gasteiger partial charge in [-0.3, -0.25) is 0 Å². The van der Waals surface area contributed by atoms with Crippen LogP contribution in [0.5, 0.6) is 5.75 Å². The zero-order valence-corrected chi connectivity index (χ0v) is 10.0. The highest BCUT2D eigenvalue weighted by molar-refractivity contribution is 5.26. The molecule has 84 valence electrons. The van der Waals surface area contributed by atoms with E-state index in [1.807, 2.05) is 31.2 Å². The fraction of sp³-hybridized carbons (Fsp3) is 0.538. The van der Waals surface area contributed by atoms with Crippen molar-refractivity contribution in [3.63, 3.8) is 0 Å². The Labute approximate surface area is 92.2 Å². The molecule has 0 saturated heterocycles. The van der Waals surface area contributed by atoms with Gasteiger partial charge >= 0.3 is 0 Å². The second-order valence-corrected chi connectivity index (χ2v) is 4.48. The lowest BCUT2D eigenvalue weighted by molar-refractivity contribution is -0.0149. The average Bonchev–Trinajstić information content (AvgIpc) is 2.16. The Morgan fingerprint density at radius 3 is 2.13 bits per heavy atom. The third-order valence-electron chi connectivity index (χ3n) is 1.91. The predicted octanol–water partition coefficient (Wildman–Crippen LogP) is 3.40. The number of rotatable bonds is 4. The maximum absolute atomic E-state index is 5.67. The molecule has 0 radical (unpaired) electrons. The molecule has 0 aromatic heterocycles. The van der Waals surface area contributed by atoms with Crippen LogP contribution in [0, 0.1) is 0 Å². The molecule has 1 aromatic carbocycles. The first-order valence-electron chi connectivity index (χ1n) is 5.37. The molecular weight excluding hydrogens is 188 g/mol. The van der Waals surface area contributed by atoms with Gasteiger partial charge < -0.3 is 9.47 Å². The van der Waals surface area contributed by atoms with Crippen LogP contribution in [0.25, 0.3) is 0 Å². The third-order valence-corrected chi connectivity index (χ3v) is 1.91. The summed E-state index contributed by atoms with van der Waals surface area (Å²) in [5.41, 5.74) is 1.09. The van der Waals surface area contributed by atoms with Crippen LogP contribution in [0.3, 0.4) is 0 Å². The monoisotopic (exact) mass is 208 g/mol. The first kappa shape index (κ1) is 12.1. The molecule has 0 aliphatic carbocycles. The standard InChI is InChI=1S/C13H20O2/c1-5-14-12-8-6-11(7-9-12)10-15-13(2,3)4/h6-9H,5,10H2,1-4H3. The van der Waals surface area contributed by atoms with E-state index in [1.165, 1.54) is 5.56 Å². The first-order chi connectivity index (χ1) is 7.01. The zero-order valence-electron chi connectivity index (χ0n) is 10.0. The van der Waals surface area contributed by atoms with Crippen LogP contribution in [0.2, 0.25) is 0 Å². The van der Waals surface area contributed by atoms with Crippen molar-refractivity contribution in [1.82, 2.24) is 0 Å². The summed E-state index contributed by atoms with van der Waals surface area (Å²) in [6.07, 6.45) is 0. The molecule has 0 aliphatic heterocycles. The van der Waals surface area contributed by atoms with Gasteiger partial charge in [0.1, 0.15) is 5.75 Å². The summed E-state index contributed by atoms with van der Waals surface area (Å²) in [6.45, 7) is 9.51. The number of ether oxygens (including phenoxy) is 2. The van der Waals surface area contributed by atoms with Gasteiger partial charge in [0, 0.05) is 0 Å². The fourth-order valence-electron chi connectivity index (χ4n) is 1.15. The predicted molar refractivity (Wildman–Crippen MR) is 62.2 cm³/mol. The second-order valence-electron chi connectivity index (χ2n) is 4.48. The van der Waals surface area contributed by atoms with Gasteiger partial charge in [-0.15, -0.1) is 0 Å². The van der Waals surface area contributed by atoms with E-state index in [0.29, 0.717) is 13.2 Å². The Morgan fingerprint density at radius 1 is 1.07 bits per heavy atom. The number of hydrogen-bond donors (Lipinski definition) is 0. The molecule has 0 saturated carbocycles. The Kier molecular flexibility index (Phi) is 4.15. The summed E-state index contributed by atoms with van der Waals surface area (Å²) in [6, 6.07) is 8.03. The summed E-state index contributed by atoms with van der Waals surface area (Å²) in [5, 5.41) is 0. The van der Waals surface area contributed by atoms with Crippen LogP contribution in [0.15, 0.2) is 24.3 Å². The van der Waals surface area contributed by atoms with Crippen molar-refractivity contribution in [2.45, 2.75) is 39.9 Å². The maximum atomic E-state index is 5.67. The normalized spacial score (nSPS) is 11.5. The van der Waals surface area contributed by atoms with Crippen molar-refractivity contribution < 1.29 is 9.47 Å². The quantitative estimate of drug-likeness (QED) is 0.755. The minimum atomic E-state index is -0.0847. The van der Waals surface area contributed by atoms with Crippen LogP contribution >= 0.6 is 0 Å². The molecule has 0 N–H and O–H groups in total. The van der Waals surface area contributed by atoms with Crippen molar-refractivity contribution >= 4 is 0 Å². The van der Waals surface area contributed by atoms with E-state index < -0.39 is 0 Å². The third kappa shape index (κ3) is 4.84. The highest BCUT2D eigenvalue weighted by Crippen LogP contribution is 2.15. The molecule has 0 aliphatic rings. The lowest BCUT2D eigenvalue weighted by Gasteiger charge is -2.19. The molecule has 15 heavy (non-hydrogen) atoms. The molecule has 0 fully saturated rings. The molecule has 1 aromatic rings. The van der Waals surface area contributed by atoms with Crippen LogP contribution in [0.1, 0.15) is 33.3 Å². The Balaban J connectivity index is 2.50. The second kappa shape index (κ2) is 5.17. The van der Waals surface area contributed by atoms with Crippen molar-refractivity contribution in [3.8, 4) is 5.75 Å². The number of benzene rings is 1. The molecule has 0 unspecified atom stereocenters. The van der Waals surface area contributed by atoms with Gasteiger partial charge in [0.15, 0.2) is 0 Å². The maximum Gasteiger partial charge on any atom is 0.119 e. The van der Waals surface area contributed by atoms with Crippen LogP contribution in [-0.2, 0) is 11.3 Å². The van der Waals surface area contributed by atoms with Gasteiger partial charge in [-0.2, -0.15) is 0 Å². The minimum absolute atomic E-state index is 0.0847. The van der Waals surface area contributed by atoms with Gasteiger partial charge in [0.25, 0.3) is 0 Å².